The van der Waals surface area contributed by atoms with Crippen LogP contribution < -0.4 is 10.2 Å². The van der Waals surface area contributed by atoms with Gasteiger partial charge in [0, 0.05) is 37.7 Å². The van der Waals surface area contributed by atoms with Gasteiger partial charge in [0.1, 0.15) is 0 Å². The highest BCUT2D eigenvalue weighted by Crippen LogP contribution is 2.15. The molecule has 1 amide bonds. The molecule has 2 rings (SSSR count). The van der Waals surface area contributed by atoms with Crippen LogP contribution in [0.2, 0.25) is 0 Å². The number of benzene rings is 1. The van der Waals surface area contributed by atoms with E-state index < -0.39 is 11.9 Å². The van der Waals surface area contributed by atoms with Crippen LogP contribution in [0.3, 0.4) is 0 Å². The fourth-order valence-electron chi connectivity index (χ4n) is 1.69. The molecule has 0 atom stereocenters. The maximum Gasteiger partial charge on any atom is 0.358 e. The van der Waals surface area contributed by atoms with Crippen LogP contribution in [0, 0.1) is 0 Å². The maximum atomic E-state index is 12.2. The topological polar surface area (TPSA) is 95.4 Å². The van der Waals surface area contributed by atoms with Crippen molar-refractivity contribution in [1.82, 2.24) is 9.97 Å². The van der Waals surface area contributed by atoms with E-state index in [4.69, 9.17) is 5.11 Å². The molecule has 0 aliphatic heterocycles. The first-order chi connectivity index (χ1) is 9.99. The van der Waals surface area contributed by atoms with E-state index in [2.05, 4.69) is 15.3 Å². The van der Waals surface area contributed by atoms with Gasteiger partial charge >= 0.3 is 5.97 Å². The third-order valence-electron chi connectivity index (χ3n) is 2.76. The molecule has 0 aliphatic carbocycles. The van der Waals surface area contributed by atoms with E-state index in [1.165, 1.54) is 12.4 Å². The fraction of sp³-hybridized carbons (Fsp3) is 0.143. The maximum absolute atomic E-state index is 12.2. The Hall–Kier alpha value is -2.96. The Morgan fingerprint density at radius 1 is 1.19 bits per heavy atom. The van der Waals surface area contributed by atoms with Gasteiger partial charge in [0.25, 0.3) is 5.91 Å². The number of hydrogen-bond acceptors (Lipinski definition) is 5. The standard InChI is InChI=1S/C14H14N4O3/c1-18(2)10-5-3-4-9(8-10)13(19)17-12-11(14(20)21)15-6-7-16-12/h3-8H,1-2H3,(H,20,21)(H,16,17,19). The van der Waals surface area contributed by atoms with Gasteiger partial charge < -0.3 is 15.3 Å². The number of anilines is 2. The van der Waals surface area contributed by atoms with Crippen LogP contribution in [-0.4, -0.2) is 41.0 Å². The first-order valence-electron chi connectivity index (χ1n) is 6.12. The summed E-state index contributed by atoms with van der Waals surface area (Å²) in [6.07, 6.45) is 2.57. The number of rotatable bonds is 4. The van der Waals surface area contributed by atoms with Crippen LogP contribution in [0.5, 0.6) is 0 Å². The molecule has 21 heavy (non-hydrogen) atoms. The summed E-state index contributed by atoms with van der Waals surface area (Å²) < 4.78 is 0. The van der Waals surface area contributed by atoms with Crippen molar-refractivity contribution >= 4 is 23.4 Å². The summed E-state index contributed by atoms with van der Waals surface area (Å²) in [5.74, 6) is -1.77. The monoisotopic (exact) mass is 286 g/mol. The number of aromatic nitrogens is 2. The van der Waals surface area contributed by atoms with Crippen LogP contribution in [0.4, 0.5) is 11.5 Å². The summed E-state index contributed by atoms with van der Waals surface area (Å²) >= 11 is 0. The number of carboxylic acids is 1. The van der Waals surface area contributed by atoms with Crippen LogP contribution in [0.1, 0.15) is 20.8 Å². The summed E-state index contributed by atoms with van der Waals surface area (Å²) in [5, 5.41) is 11.5. The van der Waals surface area contributed by atoms with Crippen molar-refractivity contribution in [2.75, 3.05) is 24.3 Å². The molecule has 0 saturated heterocycles. The molecule has 0 bridgehead atoms. The quantitative estimate of drug-likeness (QED) is 0.884. The van der Waals surface area contributed by atoms with E-state index in [0.29, 0.717) is 5.56 Å². The van der Waals surface area contributed by atoms with Crippen molar-refractivity contribution < 1.29 is 14.7 Å². The van der Waals surface area contributed by atoms with E-state index in [-0.39, 0.29) is 11.5 Å². The lowest BCUT2D eigenvalue weighted by Gasteiger charge is -2.13. The zero-order valence-corrected chi connectivity index (χ0v) is 11.6. The van der Waals surface area contributed by atoms with Crippen LogP contribution in [0.15, 0.2) is 36.7 Å². The molecular weight excluding hydrogens is 272 g/mol. The lowest BCUT2D eigenvalue weighted by molar-refractivity contribution is 0.0691. The highest BCUT2D eigenvalue weighted by Gasteiger charge is 2.16. The first-order valence-corrected chi connectivity index (χ1v) is 6.12. The number of hydrogen-bond donors (Lipinski definition) is 2. The van der Waals surface area contributed by atoms with Gasteiger partial charge in [0.05, 0.1) is 0 Å². The number of carbonyl (C=O) groups excluding carboxylic acids is 1. The summed E-state index contributed by atoms with van der Waals surface area (Å²) in [5.41, 5.74) is 0.970. The van der Waals surface area contributed by atoms with Gasteiger partial charge in [-0.1, -0.05) is 6.07 Å². The zero-order chi connectivity index (χ0) is 15.4. The summed E-state index contributed by atoms with van der Waals surface area (Å²) in [7, 11) is 3.73. The van der Waals surface area contributed by atoms with Gasteiger partial charge in [-0.05, 0) is 18.2 Å². The summed E-state index contributed by atoms with van der Waals surface area (Å²) in [6, 6.07) is 6.95. The van der Waals surface area contributed by atoms with Gasteiger partial charge in [-0.25, -0.2) is 14.8 Å². The molecule has 2 N–H and O–H groups in total. The second-order valence-corrected chi connectivity index (χ2v) is 4.46. The summed E-state index contributed by atoms with van der Waals surface area (Å²) in [6.45, 7) is 0. The Morgan fingerprint density at radius 3 is 2.57 bits per heavy atom. The normalized spacial score (nSPS) is 10.0. The Balaban J connectivity index is 2.26. The highest BCUT2D eigenvalue weighted by molar-refractivity contribution is 6.06. The summed E-state index contributed by atoms with van der Waals surface area (Å²) in [4.78, 5) is 32.6. The van der Waals surface area contributed by atoms with Crippen molar-refractivity contribution in [1.29, 1.82) is 0 Å². The second-order valence-electron chi connectivity index (χ2n) is 4.46. The van der Waals surface area contributed by atoms with Crippen molar-refractivity contribution in [3.05, 3.63) is 47.9 Å². The predicted molar refractivity (Wildman–Crippen MR) is 77.7 cm³/mol. The van der Waals surface area contributed by atoms with Gasteiger partial charge in [0.15, 0.2) is 11.5 Å². The highest BCUT2D eigenvalue weighted by atomic mass is 16.4. The lowest BCUT2D eigenvalue weighted by atomic mass is 10.2. The fourth-order valence-corrected chi connectivity index (χ4v) is 1.69. The number of carbonyl (C=O) groups is 2. The zero-order valence-electron chi connectivity index (χ0n) is 11.6. The van der Waals surface area contributed by atoms with E-state index in [0.717, 1.165) is 5.69 Å². The van der Waals surface area contributed by atoms with Gasteiger partial charge in [-0.15, -0.1) is 0 Å². The van der Waals surface area contributed by atoms with Crippen LogP contribution in [0.25, 0.3) is 0 Å². The average Bonchev–Trinajstić information content (AvgIpc) is 2.47. The van der Waals surface area contributed by atoms with E-state index >= 15 is 0 Å². The molecular formula is C14H14N4O3. The first kappa shape index (κ1) is 14.4. The molecule has 0 spiro atoms. The Bertz CT molecular complexity index is 685. The Kier molecular flexibility index (Phi) is 4.13. The SMILES string of the molecule is CN(C)c1cccc(C(=O)Nc2nccnc2C(=O)O)c1. The molecule has 0 saturated carbocycles. The largest absolute Gasteiger partial charge is 0.476 e. The predicted octanol–water partition coefficient (Wildman–Crippen LogP) is 1.49. The molecule has 0 unspecified atom stereocenters. The smallest absolute Gasteiger partial charge is 0.358 e. The number of amides is 1. The molecule has 0 fully saturated rings. The molecule has 7 nitrogen and oxygen atoms in total. The Labute approximate surface area is 121 Å². The molecule has 7 heteroatoms. The minimum Gasteiger partial charge on any atom is -0.476 e. The molecule has 1 heterocycles. The number of nitrogens with one attached hydrogen (secondary N) is 1. The molecule has 0 aliphatic rings. The average molecular weight is 286 g/mol. The van der Waals surface area contributed by atoms with Crippen molar-refractivity contribution in [2.24, 2.45) is 0 Å². The van der Waals surface area contributed by atoms with Crippen molar-refractivity contribution in [3.63, 3.8) is 0 Å². The second kappa shape index (κ2) is 6.00. The number of carboxylic acid groups (broad SMARTS) is 1. The van der Waals surface area contributed by atoms with Crippen LogP contribution in [-0.2, 0) is 0 Å². The van der Waals surface area contributed by atoms with E-state index in [9.17, 15) is 9.59 Å². The third kappa shape index (κ3) is 3.33. The van der Waals surface area contributed by atoms with E-state index in [1.807, 2.05) is 25.1 Å². The Morgan fingerprint density at radius 2 is 1.90 bits per heavy atom. The molecule has 1 aromatic carbocycles. The number of aromatic carboxylic acids is 1. The third-order valence-corrected chi connectivity index (χ3v) is 2.76. The molecule has 2 aromatic rings. The number of nitrogens with zero attached hydrogens (tertiary/aromatic N) is 3. The minimum absolute atomic E-state index is 0.0785. The molecule has 1 aromatic heterocycles. The van der Waals surface area contributed by atoms with Crippen molar-refractivity contribution in [3.8, 4) is 0 Å². The minimum atomic E-state index is -1.25. The lowest BCUT2D eigenvalue weighted by Crippen LogP contribution is -2.17. The van der Waals surface area contributed by atoms with Gasteiger partial charge in [-0.3, -0.25) is 4.79 Å². The van der Waals surface area contributed by atoms with Gasteiger partial charge in [-0.2, -0.15) is 0 Å². The molecule has 108 valence electrons. The van der Waals surface area contributed by atoms with Gasteiger partial charge in [0.2, 0.25) is 0 Å². The van der Waals surface area contributed by atoms with Crippen LogP contribution >= 0.6 is 0 Å². The van der Waals surface area contributed by atoms with E-state index in [1.54, 1.807) is 18.2 Å². The van der Waals surface area contributed by atoms with Crippen molar-refractivity contribution in [2.45, 2.75) is 0 Å². The molecule has 0 radical (unpaired) electrons.